The molecule has 0 aliphatic heterocycles. The summed E-state index contributed by atoms with van der Waals surface area (Å²) >= 11 is 0. The maximum absolute atomic E-state index is 13.3. The molecule has 0 fully saturated rings. The van der Waals surface area contributed by atoms with Crippen LogP contribution in [0, 0.1) is 5.82 Å². The van der Waals surface area contributed by atoms with Crippen LogP contribution in [0.2, 0.25) is 0 Å². The average Bonchev–Trinajstić information content (AvgIpc) is 2.21. The summed E-state index contributed by atoms with van der Waals surface area (Å²) in [5.74, 6) is -0.631. The van der Waals surface area contributed by atoms with Crippen LogP contribution in [0.4, 0.5) is 4.39 Å². The summed E-state index contributed by atoms with van der Waals surface area (Å²) in [6, 6.07) is 6.01. The summed E-state index contributed by atoms with van der Waals surface area (Å²) in [6.45, 7) is 2.07. The van der Waals surface area contributed by atoms with Crippen molar-refractivity contribution in [3.63, 3.8) is 0 Å². The van der Waals surface area contributed by atoms with E-state index in [4.69, 9.17) is 10.5 Å². The second-order valence-corrected chi connectivity index (χ2v) is 3.56. The van der Waals surface area contributed by atoms with Crippen LogP contribution in [0.25, 0.3) is 0 Å². The zero-order valence-corrected chi connectivity index (χ0v) is 9.28. The highest BCUT2D eigenvalue weighted by molar-refractivity contribution is 5.70. The Kier molecular flexibility index (Phi) is 4.92. The third kappa shape index (κ3) is 3.98. The topological polar surface area (TPSA) is 52.3 Å². The molecule has 0 bridgehead atoms. The highest BCUT2D eigenvalue weighted by Gasteiger charge is 2.12. The van der Waals surface area contributed by atoms with Crippen LogP contribution < -0.4 is 5.73 Å². The van der Waals surface area contributed by atoms with E-state index in [0.717, 1.165) is 0 Å². The zero-order valence-electron chi connectivity index (χ0n) is 9.28. The van der Waals surface area contributed by atoms with Gasteiger partial charge in [0.05, 0.1) is 13.0 Å². The van der Waals surface area contributed by atoms with E-state index in [-0.39, 0.29) is 18.2 Å². The summed E-state index contributed by atoms with van der Waals surface area (Å²) in [5, 5.41) is 0. The first kappa shape index (κ1) is 12.6. The third-order valence-electron chi connectivity index (χ3n) is 2.17. The Hall–Kier alpha value is -1.42. The van der Waals surface area contributed by atoms with Crippen molar-refractivity contribution in [1.82, 2.24) is 0 Å². The first-order valence-corrected chi connectivity index (χ1v) is 5.28. The van der Waals surface area contributed by atoms with Gasteiger partial charge >= 0.3 is 5.97 Å². The van der Waals surface area contributed by atoms with Gasteiger partial charge in [0.25, 0.3) is 0 Å². The fourth-order valence-electron chi connectivity index (χ4n) is 1.45. The number of rotatable bonds is 5. The molecule has 0 aliphatic rings. The Bertz CT molecular complexity index is 355. The maximum atomic E-state index is 13.3. The normalized spacial score (nSPS) is 12.2. The van der Waals surface area contributed by atoms with Gasteiger partial charge in [0.1, 0.15) is 5.82 Å². The largest absolute Gasteiger partial charge is 0.466 e. The molecule has 1 aromatic carbocycles. The molecule has 0 spiro atoms. The second-order valence-electron chi connectivity index (χ2n) is 3.56. The summed E-state index contributed by atoms with van der Waals surface area (Å²) in [6.07, 6.45) is 0.452. The van der Waals surface area contributed by atoms with E-state index in [0.29, 0.717) is 18.6 Å². The van der Waals surface area contributed by atoms with E-state index in [1.54, 1.807) is 25.1 Å². The minimum absolute atomic E-state index is 0.113. The van der Waals surface area contributed by atoms with Gasteiger partial charge < -0.3 is 10.5 Å². The fourth-order valence-corrected chi connectivity index (χ4v) is 1.45. The van der Waals surface area contributed by atoms with Gasteiger partial charge in [-0.3, -0.25) is 4.79 Å². The quantitative estimate of drug-likeness (QED) is 0.775. The van der Waals surface area contributed by atoms with E-state index < -0.39 is 6.04 Å². The Labute approximate surface area is 94.4 Å². The van der Waals surface area contributed by atoms with Gasteiger partial charge in [-0.1, -0.05) is 18.2 Å². The molecule has 1 rings (SSSR count). The van der Waals surface area contributed by atoms with Crippen molar-refractivity contribution in [2.75, 3.05) is 6.61 Å². The fraction of sp³-hybridized carbons (Fsp3) is 0.417. The first-order valence-electron chi connectivity index (χ1n) is 5.28. The van der Waals surface area contributed by atoms with Crippen LogP contribution in [0.5, 0.6) is 0 Å². The number of esters is 1. The number of hydrogen-bond donors (Lipinski definition) is 1. The van der Waals surface area contributed by atoms with E-state index in [1.165, 1.54) is 6.07 Å². The van der Waals surface area contributed by atoms with Crippen molar-refractivity contribution in [2.45, 2.75) is 25.8 Å². The monoisotopic (exact) mass is 225 g/mol. The highest BCUT2D eigenvalue weighted by Crippen LogP contribution is 2.09. The average molecular weight is 225 g/mol. The summed E-state index contributed by atoms with van der Waals surface area (Å²) in [4.78, 5) is 11.1. The molecule has 0 radical (unpaired) electrons. The highest BCUT2D eigenvalue weighted by atomic mass is 19.1. The second kappa shape index (κ2) is 6.23. The Morgan fingerprint density at radius 3 is 2.81 bits per heavy atom. The lowest BCUT2D eigenvalue weighted by molar-refractivity contribution is -0.143. The third-order valence-corrected chi connectivity index (χ3v) is 2.17. The first-order chi connectivity index (χ1) is 7.63. The predicted molar refractivity (Wildman–Crippen MR) is 59.3 cm³/mol. The Balaban J connectivity index is 2.48. The van der Waals surface area contributed by atoms with Crippen LogP contribution in [-0.2, 0) is 16.0 Å². The van der Waals surface area contributed by atoms with Crippen LogP contribution in [-0.4, -0.2) is 18.6 Å². The molecule has 16 heavy (non-hydrogen) atoms. The molecular weight excluding hydrogens is 209 g/mol. The zero-order chi connectivity index (χ0) is 12.0. The molecule has 1 aromatic rings. The minimum atomic E-state index is -0.407. The number of benzene rings is 1. The summed E-state index contributed by atoms with van der Waals surface area (Å²) < 4.78 is 18.0. The van der Waals surface area contributed by atoms with Gasteiger partial charge in [-0.25, -0.2) is 4.39 Å². The lowest BCUT2D eigenvalue weighted by Crippen LogP contribution is -2.27. The van der Waals surface area contributed by atoms with Crippen molar-refractivity contribution in [2.24, 2.45) is 5.73 Å². The molecule has 88 valence electrons. The maximum Gasteiger partial charge on any atom is 0.307 e. The molecule has 4 heteroatoms. The van der Waals surface area contributed by atoms with Gasteiger partial charge in [0, 0.05) is 6.04 Å². The number of carbonyl (C=O) groups excluding carboxylic acids is 1. The smallest absolute Gasteiger partial charge is 0.307 e. The summed E-state index contributed by atoms with van der Waals surface area (Å²) in [7, 11) is 0. The van der Waals surface area contributed by atoms with Gasteiger partial charge in [-0.05, 0) is 25.0 Å². The van der Waals surface area contributed by atoms with Crippen molar-refractivity contribution < 1.29 is 13.9 Å². The van der Waals surface area contributed by atoms with Gasteiger partial charge in [-0.15, -0.1) is 0 Å². The van der Waals surface area contributed by atoms with E-state index in [2.05, 4.69) is 0 Å². The molecule has 0 saturated carbocycles. The summed E-state index contributed by atoms with van der Waals surface area (Å²) in [5.41, 5.74) is 6.27. The minimum Gasteiger partial charge on any atom is -0.466 e. The molecular formula is C12H16FNO2. The standard InChI is InChI=1S/C12H16FNO2/c1-2-16-12(15)8-10(14)7-9-5-3-4-6-11(9)13/h3-6,10H,2,7-8,14H2,1H3/t10-/m1/s1. The molecule has 0 unspecified atom stereocenters. The van der Waals surface area contributed by atoms with Gasteiger partial charge in [0.15, 0.2) is 0 Å². The van der Waals surface area contributed by atoms with Crippen LogP contribution in [0.15, 0.2) is 24.3 Å². The van der Waals surface area contributed by atoms with Crippen LogP contribution in [0.1, 0.15) is 18.9 Å². The van der Waals surface area contributed by atoms with E-state index in [9.17, 15) is 9.18 Å². The number of halogens is 1. The number of nitrogens with two attached hydrogens (primary N) is 1. The number of hydrogen-bond acceptors (Lipinski definition) is 3. The molecule has 0 aliphatic carbocycles. The molecule has 2 N–H and O–H groups in total. The van der Waals surface area contributed by atoms with Crippen molar-refractivity contribution in [3.05, 3.63) is 35.6 Å². The molecule has 3 nitrogen and oxygen atoms in total. The lowest BCUT2D eigenvalue weighted by Gasteiger charge is -2.11. The molecule has 1 atom stereocenters. The molecule has 0 heterocycles. The predicted octanol–water partition coefficient (Wildman–Crippen LogP) is 1.65. The molecule has 0 amide bonds. The number of carbonyl (C=O) groups is 1. The van der Waals surface area contributed by atoms with E-state index >= 15 is 0 Å². The van der Waals surface area contributed by atoms with E-state index in [1.807, 2.05) is 0 Å². The van der Waals surface area contributed by atoms with Crippen molar-refractivity contribution >= 4 is 5.97 Å². The van der Waals surface area contributed by atoms with Crippen molar-refractivity contribution in [3.8, 4) is 0 Å². The molecule has 0 saturated heterocycles. The molecule has 0 aromatic heterocycles. The lowest BCUT2D eigenvalue weighted by atomic mass is 10.0. The van der Waals surface area contributed by atoms with Crippen molar-refractivity contribution in [1.29, 1.82) is 0 Å². The Morgan fingerprint density at radius 2 is 2.19 bits per heavy atom. The van der Waals surface area contributed by atoms with Gasteiger partial charge in [-0.2, -0.15) is 0 Å². The SMILES string of the molecule is CCOC(=O)C[C@H](N)Cc1ccccc1F. The Morgan fingerprint density at radius 1 is 1.50 bits per heavy atom. The number of ether oxygens (including phenoxy) is 1. The van der Waals surface area contributed by atoms with Crippen LogP contribution in [0.3, 0.4) is 0 Å². The van der Waals surface area contributed by atoms with Crippen LogP contribution >= 0.6 is 0 Å². The van der Waals surface area contributed by atoms with Gasteiger partial charge in [0.2, 0.25) is 0 Å².